The summed E-state index contributed by atoms with van der Waals surface area (Å²) in [6, 6.07) is 6.78. The lowest BCUT2D eigenvalue weighted by atomic mass is 10.2. The van der Waals surface area contributed by atoms with Crippen molar-refractivity contribution in [3.8, 4) is 11.4 Å². The van der Waals surface area contributed by atoms with Crippen molar-refractivity contribution in [2.45, 2.75) is 13.8 Å². The molecule has 0 aliphatic heterocycles. The summed E-state index contributed by atoms with van der Waals surface area (Å²) in [5, 5.41) is 11.6. The molecule has 0 bridgehead atoms. The molecule has 19 heavy (non-hydrogen) atoms. The lowest BCUT2D eigenvalue weighted by Crippen LogP contribution is -2.22. The average molecular weight is 279 g/mol. The van der Waals surface area contributed by atoms with Crippen LogP contribution in [0.5, 0.6) is 5.75 Å². The number of rotatable bonds is 3. The molecule has 2 rings (SSSR count). The summed E-state index contributed by atoms with van der Waals surface area (Å²) in [5.74, 6) is -0.573. The summed E-state index contributed by atoms with van der Waals surface area (Å²) in [4.78, 5) is 11.1. The summed E-state index contributed by atoms with van der Waals surface area (Å²) < 4.78 is 7.08. The molecule has 2 aromatic rings. The van der Waals surface area contributed by atoms with Crippen LogP contribution >= 0.6 is 11.6 Å². The first-order valence-corrected chi connectivity index (χ1v) is 6.07. The molecule has 0 saturated carbocycles. The van der Waals surface area contributed by atoms with Gasteiger partial charge in [0.05, 0.1) is 18.8 Å². The Morgan fingerprint density at radius 3 is 2.53 bits per heavy atom. The number of carboxylic acid groups (broad SMARTS) is 1. The summed E-state index contributed by atoms with van der Waals surface area (Å²) >= 11 is 6.00. The lowest BCUT2D eigenvalue weighted by Gasteiger charge is -2.14. The van der Waals surface area contributed by atoms with Gasteiger partial charge in [-0.2, -0.15) is 0 Å². The van der Waals surface area contributed by atoms with Crippen LogP contribution in [-0.2, 0) is 0 Å². The molecule has 0 atom stereocenters. The van der Waals surface area contributed by atoms with Crippen LogP contribution in [0.4, 0.5) is 0 Å². The molecule has 0 radical (unpaired) electrons. The number of halogens is 1. The van der Waals surface area contributed by atoms with Gasteiger partial charge in [0, 0.05) is 22.0 Å². The zero-order valence-corrected chi connectivity index (χ0v) is 11.6. The molecule has 0 unspecified atom stereocenters. The van der Waals surface area contributed by atoms with Crippen LogP contribution in [0.25, 0.3) is 5.69 Å². The van der Waals surface area contributed by atoms with Gasteiger partial charge < -0.3 is 19.2 Å². The van der Waals surface area contributed by atoms with E-state index in [1.807, 2.05) is 6.92 Å². The Kier molecular flexibility index (Phi) is 3.53. The van der Waals surface area contributed by atoms with Gasteiger partial charge in [0.15, 0.2) is 0 Å². The number of aryl methyl sites for hydroxylation is 1. The molecule has 0 aliphatic rings. The monoisotopic (exact) mass is 278 g/mol. The average Bonchev–Trinajstić information content (AvgIpc) is 2.65. The van der Waals surface area contributed by atoms with Crippen LogP contribution in [0.2, 0.25) is 5.02 Å². The van der Waals surface area contributed by atoms with Gasteiger partial charge in [-0.3, -0.25) is 0 Å². The third-order valence-corrected chi connectivity index (χ3v) is 3.27. The fourth-order valence-electron chi connectivity index (χ4n) is 2.18. The molecule has 0 fully saturated rings. The molecule has 1 aromatic heterocycles. The lowest BCUT2D eigenvalue weighted by molar-refractivity contribution is -0.255. The quantitative estimate of drug-likeness (QED) is 0.864. The fraction of sp³-hybridized carbons (Fsp3) is 0.214. The van der Waals surface area contributed by atoms with E-state index >= 15 is 0 Å². The Labute approximate surface area is 116 Å². The molecule has 0 amide bonds. The van der Waals surface area contributed by atoms with E-state index in [4.69, 9.17) is 16.3 Å². The van der Waals surface area contributed by atoms with Crippen LogP contribution in [0.15, 0.2) is 24.3 Å². The summed E-state index contributed by atoms with van der Waals surface area (Å²) in [5.41, 5.74) is 2.23. The molecule has 0 aliphatic carbocycles. The molecule has 0 N–H and O–H groups in total. The van der Waals surface area contributed by atoms with E-state index < -0.39 is 5.97 Å². The van der Waals surface area contributed by atoms with Gasteiger partial charge in [0.1, 0.15) is 5.75 Å². The van der Waals surface area contributed by atoms with Crippen molar-refractivity contribution >= 4 is 17.6 Å². The van der Waals surface area contributed by atoms with E-state index in [1.54, 1.807) is 42.9 Å². The SMILES string of the molecule is COc1ccc(Cl)cc1-n1c(C)cc(C(=O)[O-])c1C. The number of aromatic nitrogens is 1. The summed E-state index contributed by atoms with van der Waals surface area (Å²) in [6.07, 6.45) is 0. The minimum atomic E-state index is -1.19. The number of carboxylic acids is 1. The van der Waals surface area contributed by atoms with Crippen molar-refractivity contribution < 1.29 is 14.6 Å². The number of hydrogen-bond acceptors (Lipinski definition) is 3. The van der Waals surface area contributed by atoms with Crippen LogP contribution in [0, 0.1) is 13.8 Å². The van der Waals surface area contributed by atoms with E-state index in [2.05, 4.69) is 0 Å². The van der Waals surface area contributed by atoms with Gasteiger partial charge in [-0.05, 0) is 38.1 Å². The molecular weight excluding hydrogens is 266 g/mol. The number of carbonyl (C=O) groups excluding carboxylic acids is 1. The number of aromatic carboxylic acids is 1. The number of hydrogen-bond donors (Lipinski definition) is 0. The Morgan fingerprint density at radius 1 is 1.32 bits per heavy atom. The maximum absolute atomic E-state index is 11.1. The Morgan fingerprint density at radius 2 is 2.00 bits per heavy atom. The van der Waals surface area contributed by atoms with E-state index in [1.165, 1.54) is 0 Å². The van der Waals surface area contributed by atoms with Crippen LogP contribution in [0.1, 0.15) is 21.7 Å². The van der Waals surface area contributed by atoms with E-state index in [0.29, 0.717) is 22.2 Å². The normalized spacial score (nSPS) is 10.5. The van der Waals surface area contributed by atoms with Crippen molar-refractivity contribution in [1.29, 1.82) is 0 Å². The molecule has 5 heteroatoms. The molecule has 1 heterocycles. The van der Waals surface area contributed by atoms with Crippen molar-refractivity contribution in [2.24, 2.45) is 0 Å². The predicted molar refractivity (Wildman–Crippen MR) is 71.1 cm³/mol. The number of benzene rings is 1. The van der Waals surface area contributed by atoms with Gasteiger partial charge in [-0.15, -0.1) is 0 Å². The Balaban J connectivity index is 2.72. The zero-order valence-electron chi connectivity index (χ0n) is 10.9. The number of nitrogens with zero attached hydrogens (tertiary/aromatic N) is 1. The first-order valence-electron chi connectivity index (χ1n) is 5.70. The summed E-state index contributed by atoms with van der Waals surface area (Å²) in [7, 11) is 1.56. The molecule has 0 saturated heterocycles. The zero-order chi connectivity index (χ0) is 14.2. The smallest absolute Gasteiger partial charge is 0.142 e. The van der Waals surface area contributed by atoms with Gasteiger partial charge in [-0.25, -0.2) is 0 Å². The maximum Gasteiger partial charge on any atom is 0.142 e. The van der Waals surface area contributed by atoms with Crippen molar-refractivity contribution in [2.75, 3.05) is 7.11 Å². The molecule has 0 spiro atoms. The highest BCUT2D eigenvalue weighted by Gasteiger charge is 2.14. The van der Waals surface area contributed by atoms with Gasteiger partial charge in [0.2, 0.25) is 0 Å². The second kappa shape index (κ2) is 4.97. The molecule has 1 aromatic carbocycles. The molecule has 100 valence electrons. The van der Waals surface area contributed by atoms with Gasteiger partial charge in [0.25, 0.3) is 0 Å². The van der Waals surface area contributed by atoms with Gasteiger partial charge in [-0.1, -0.05) is 11.6 Å². The predicted octanol–water partition coefficient (Wildman–Crippen LogP) is 2.12. The van der Waals surface area contributed by atoms with Crippen molar-refractivity contribution in [3.05, 3.63) is 46.2 Å². The first kappa shape index (κ1) is 13.5. The van der Waals surface area contributed by atoms with E-state index in [-0.39, 0.29) is 5.56 Å². The number of methoxy groups -OCH3 is 1. The highest BCUT2D eigenvalue weighted by atomic mass is 35.5. The largest absolute Gasteiger partial charge is 0.545 e. The van der Waals surface area contributed by atoms with Crippen molar-refractivity contribution in [1.82, 2.24) is 4.57 Å². The maximum atomic E-state index is 11.1. The highest BCUT2D eigenvalue weighted by Crippen LogP contribution is 2.30. The Hall–Kier alpha value is -1.94. The van der Waals surface area contributed by atoms with Crippen LogP contribution < -0.4 is 9.84 Å². The van der Waals surface area contributed by atoms with Gasteiger partial charge >= 0.3 is 0 Å². The highest BCUT2D eigenvalue weighted by molar-refractivity contribution is 6.30. The van der Waals surface area contributed by atoms with Crippen LogP contribution in [-0.4, -0.2) is 17.6 Å². The van der Waals surface area contributed by atoms with E-state index in [9.17, 15) is 9.90 Å². The summed E-state index contributed by atoms with van der Waals surface area (Å²) in [6.45, 7) is 3.54. The van der Waals surface area contributed by atoms with Crippen LogP contribution in [0.3, 0.4) is 0 Å². The second-order valence-electron chi connectivity index (χ2n) is 4.22. The minimum absolute atomic E-state index is 0.166. The van der Waals surface area contributed by atoms with E-state index in [0.717, 1.165) is 5.69 Å². The second-order valence-corrected chi connectivity index (χ2v) is 4.66. The third kappa shape index (κ3) is 2.31. The molecular formula is C14H13ClNO3-. The standard InChI is InChI=1S/C14H14ClNO3/c1-8-6-11(14(17)18)9(2)16(8)12-7-10(15)4-5-13(12)19-3/h4-7H,1-3H3,(H,17,18)/p-1. The number of ether oxygens (including phenoxy) is 1. The first-order chi connectivity index (χ1) is 8.95. The molecule has 4 nitrogen and oxygen atoms in total. The topological polar surface area (TPSA) is 54.3 Å². The Bertz CT molecular complexity index is 646. The third-order valence-electron chi connectivity index (χ3n) is 3.03. The van der Waals surface area contributed by atoms with Crippen molar-refractivity contribution in [3.63, 3.8) is 0 Å². The fourth-order valence-corrected chi connectivity index (χ4v) is 2.34. The number of carbonyl (C=O) groups is 1. The minimum Gasteiger partial charge on any atom is -0.545 e.